The highest BCUT2D eigenvalue weighted by Crippen LogP contribution is 2.44. The van der Waals surface area contributed by atoms with Crippen molar-refractivity contribution in [1.82, 2.24) is 0 Å². The number of hydrogen-bond acceptors (Lipinski definition) is 1. The van der Waals surface area contributed by atoms with Gasteiger partial charge in [-0.15, -0.1) is 6.58 Å². The van der Waals surface area contributed by atoms with E-state index in [0.717, 1.165) is 12.2 Å². The predicted molar refractivity (Wildman–Crippen MR) is 79.2 cm³/mol. The number of ether oxygens (including phenoxy) is 1. The normalized spacial score (nSPS) is 27.4. The molecule has 100 valence electrons. The van der Waals surface area contributed by atoms with Gasteiger partial charge in [0.25, 0.3) is 0 Å². The lowest BCUT2D eigenvalue weighted by atomic mass is 9.68. The summed E-state index contributed by atoms with van der Waals surface area (Å²) >= 11 is 0. The summed E-state index contributed by atoms with van der Waals surface area (Å²) in [5, 5.41) is 0. The number of hydrogen-bond donors (Lipinski definition) is 0. The molecule has 3 atom stereocenters. The monoisotopic (exact) mass is 246 g/mol. The van der Waals surface area contributed by atoms with Crippen LogP contribution in [0.15, 0.2) is 48.3 Å². The van der Waals surface area contributed by atoms with Crippen molar-refractivity contribution in [2.45, 2.75) is 34.1 Å². The summed E-state index contributed by atoms with van der Waals surface area (Å²) in [5.41, 5.74) is 1.54. The van der Waals surface area contributed by atoms with Gasteiger partial charge in [0.2, 0.25) is 0 Å². The second-order valence-corrected chi connectivity index (χ2v) is 5.38. The molecule has 0 heterocycles. The molecule has 0 aromatic rings. The Bertz CT molecular complexity index is 386. The Hall–Kier alpha value is -1.24. The number of allylic oxidation sites excluding steroid dienone is 7. The van der Waals surface area contributed by atoms with Crippen molar-refractivity contribution in [3.63, 3.8) is 0 Å². The Morgan fingerprint density at radius 3 is 2.50 bits per heavy atom. The first-order valence-corrected chi connectivity index (χ1v) is 6.71. The minimum Gasteiger partial charge on any atom is -0.501 e. The first-order valence-electron chi connectivity index (χ1n) is 6.71. The van der Waals surface area contributed by atoms with Crippen LogP contribution in [0.3, 0.4) is 0 Å². The highest BCUT2D eigenvalue weighted by molar-refractivity contribution is 5.33. The van der Waals surface area contributed by atoms with Crippen LogP contribution in [0.1, 0.15) is 34.1 Å². The molecule has 0 aromatic carbocycles. The number of methoxy groups -OCH3 is 1. The lowest BCUT2D eigenvalue weighted by Crippen LogP contribution is -2.27. The van der Waals surface area contributed by atoms with Crippen molar-refractivity contribution in [2.75, 3.05) is 7.11 Å². The maximum absolute atomic E-state index is 5.43. The van der Waals surface area contributed by atoms with E-state index in [-0.39, 0.29) is 5.41 Å². The fourth-order valence-corrected chi connectivity index (χ4v) is 2.91. The summed E-state index contributed by atoms with van der Waals surface area (Å²) in [6.07, 6.45) is 11.7. The van der Waals surface area contributed by atoms with E-state index >= 15 is 0 Å². The van der Waals surface area contributed by atoms with Crippen molar-refractivity contribution in [3.8, 4) is 0 Å². The molecule has 0 amide bonds. The second kappa shape index (κ2) is 6.08. The molecule has 0 aliphatic heterocycles. The van der Waals surface area contributed by atoms with E-state index in [4.69, 9.17) is 4.74 Å². The van der Waals surface area contributed by atoms with Crippen molar-refractivity contribution < 1.29 is 4.74 Å². The standard InChI is InChI=1S/C17H26O/c1-7-11-17(5,12-8-2)15-9-10-16(18-6)14(4)13(15)3/h7-10,12-14H,1,11H2,2-6H3. The molecule has 0 radical (unpaired) electrons. The summed E-state index contributed by atoms with van der Waals surface area (Å²) in [5.74, 6) is 2.00. The van der Waals surface area contributed by atoms with Crippen LogP contribution in [-0.4, -0.2) is 7.11 Å². The van der Waals surface area contributed by atoms with Gasteiger partial charge in [-0.25, -0.2) is 0 Å². The third-order valence-electron chi connectivity index (χ3n) is 4.11. The van der Waals surface area contributed by atoms with Crippen molar-refractivity contribution >= 4 is 0 Å². The first kappa shape index (κ1) is 14.8. The van der Waals surface area contributed by atoms with Gasteiger partial charge in [0.1, 0.15) is 0 Å². The Morgan fingerprint density at radius 1 is 1.33 bits per heavy atom. The second-order valence-electron chi connectivity index (χ2n) is 5.38. The van der Waals surface area contributed by atoms with Crippen LogP contribution >= 0.6 is 0 Å². The van der Waals surface area contributed by atoms with Crippen molar-refractivity contribution in [3.05, 3.63) is 48.3 Å². The SMILES string of the molecule is C=CCC(C)(C=CC)C1=CC=C(OC)C(C)C1C. The topological polar surface area (TPSA) is 9.23 Å². The predicted octanol–water partition coefficient (Wildman–Crippen LogP) is 4.89. The fourth-order valence-electron chi connectivity index (χ4n) is 2.91. The molecule has 1 rings (SSSR count). The average Bonchev–Trinajstić information content (AvgIpc) is 2.33. The molecule has 1 aliphatic carbocycles. The maximum atomic E-state index is 5.43. The third kappa shape index (κ3) is 2.77. The smallest absolute Gasteiger partial charge is 0.0989 e. The van der Waals surface area contributed by atoms with Crippen LogP contribution < -0.4 is 0 Å². The molecule has 0 saturated heterocycles. The average molecular weight is 246 g/mol. The lowest BCUT2D eigenvalue weighted by molar-refractivity contribution is 0.216. The maximum Gasteiger partial charge on any atom is 0.0989 e. The molecule has 1 aliphatic rings. The fraction of sp³-hybridized carbons (Fsp3) is 0.529. The highest BCUT2D eigenvalue weighted by atomic mass is 16.5. The van der Waals surface area contributed by atoms with Gasteiger partial charge in [0.15, 0.2) is 0 Å². The quantitative estimate of drug-likeness (QED) is 0.628. The van der Waals surface area contributed by atoms with Gasteiger partial charge in [-0.2, -0.15) is 0 Å². The Kier molecular flexibility index (Phi) is 5.01. The molecule has 0 fully saturated rings. The Labute approximate surface area is 112 Å². The molecule has 1 heteroatoms. The van der Waals surface area contributed by atoms with E-state index < -0.39 is 0 Å². The zero-order valence-corrected chi connectivity index (χ0v) is 12.4. The van der Waals surface area contributed by atoms with Crippen LogP contribution in [0, 0.1) is 17.3 Å². The summed E-state index contributed by atoms with van der Waals surface area (Å²) in [6, 6.07) is 0. The van der Waals surface area contributed by atoms with Gasteiger partial charge in [0, 0.05) is 11.3 Å². The molecule has 0 spiro atoms. The molecule has 0 aromatic heterocycles. The minimum atomic E-state index is 0.0694. The minimum absolute atomic E-state index is 0.0694. The van der Waals surface area contributed by atoms with Gasteiger partial charge in [-0.3, -0.25) is 0 Å². The zero-order chi connectivity index (χ0) is 13.8. The van der Waals surface area contributed by atoms with Crippen molar-refractivity contribution in [1.29, 1.82) is 0 Å². The van der Waals surface area contributed by atoms with Gasteiger partial charge in [-0.1, -0.05) is 50.6 Å². The van der Waals surface area contributed by atoms with Gasteiger partial charge < -0.3 is 4.74 Å². The molecule has 18 heavy (non-hydrogen) atoms. The van der Waals surface area contributed by atoms with Crippen LogP contribution in [0.2, 0.25) is 0 Å². The van der Waals surface area contributed by atoms with Crippen LogP contribution in [0.5, 0.6) is 0 Å². The van der Waals surface area contributed by atoms with Gasteiger partial charge >= 0.3 is 0 Å². The van der Waals surface area contributed by atoms with Crippen LogP contribution in [-0.2, 0) is 4.74 Å². The van der Waals surface area contributed by atoms with Gasteiger partial charge in [-0.05, 0) is 25.3 Å². The van der Waals surface area contributed by atoms with E-state index in [0.29, 0.717) is 11.8 Å². The molecule has 3 unspecified atom stereocenters. The Balaban J connectivity index is 3.17. The molecule has 1 nitrogen and oxygen atoms in total. The lowest BCUT2D eigenvalue weighted by Gasteiger charge is -2.37. The summed E-state index contributed by atoms with van der Waals surface area (Å²) in [4.78, 5) is 0. The van der Waals surface area contributed by atoms with E-state index in [1.54, 1.807) is 7.11 Å². The largest absolute Gasteiger partial charge is 0.501 e. The van der Waals surface area contributed by atoms with Crippen LogP contribution in [0.25, 0.3) is 0 Å². The molecule has 0 saturated carbocycles. The first-order chi connectivity index (χ1) is 8.50. The van der Waals surface area contributed by atoms with E-state index in [1.165, 1.54) is 5.57 Å². The highest BCUT2D eigenvalue weighted by Gasteiger charge is 2.33. The molecular formula is C17H26O. The molecule has 0 N–H and O–H groups in total. The molecular weight excluding hydrogens is 220 g/mol. The zero-order valence-electron chi connectivity index (χ0n) is 12.4. The van der Waals surface area contributed by atoms with E-state index in [2.05, 4.69) is 58.6 Å². The van der Waals surface area contributed by atoms with Crippen LogP contribution in [0.4, 0.5) is 0 Å². The van der Waals surface area contributed by atoms with Crippen molar-refractivity contribution in [2.24, 2.45) is 17.3 Å². The van der Waals surface area contributed by atoms with E-state index in [9.17, 15) is 0 Å². The summed E-state index contributed by atoms with van der Waals surface area (Å²) in [6.45, 7) is 12.8. The number of rotatable bonds is 5. The summed E-state index contributed by atoms with van der Waals surface area (Å²) < 4.78 is 5.43. The third-order valence-corrected chi connectivity index (χ3v) is 4.11. The summed E-state index contributed by atoms with van der Waals surface area (Å²) in [7, 11) is 1.75. The van der Waals surface area contributed by atoms with Gasteiger partial charge in [0.05, 0.1) is 12.9 Å². The Morgan fingerprint density at radius 2 is 2.00 bits per heavy atom. The van der Waals surface area contributed by atoms with E-state index in [1.807, 2.05) is 6.08 Å². The molecule has 0 bridgehead atoms.